The second kappa shape index (κ2) is 26.6. The molecule has 5 aliphatic rings. The molecule has 19 atom stereocenters. The Balaban J connectivity index is 0.000000750. The maximum atomic E-state index is 14.3. The summed E-state index contributed by atoms with van der Waals surface area (Å²) in [5, 5.41) is 70.2. The molecular formula is C50H82N2O17. The van der Waals surface area contributed by atoms with Crippen molar-refractivity contribution in [1.29, 1.82) is 0 Å². The first kappa shape index (κ1) is 58.5. The molecule has 1 saturated carbocycles. The van der Waals surface area contributed by atoms with E-state index in [4.69, 9.17) is 44.4 Å². The van der Waals surface area contributed by atoms with Crippen molar-refractivity contribution in [3.05, 3.63) is 36.0 Å². The number of piperidine rings is 1. The zero-order valence-corrected chi connectivity index (χ0v) is 41.8. The number of fused-ring (bicyclic) bond motifs is 3. The highest BCUT2D eigenvalue weighted by molar-refractivity contribution is 6.39. The Morgan fingerprint density at radius 2 is 1.55 bits per heavy atom. The fourth-order valence-corrected chi connectivity index (χ4v) is 10.5. The molecule has 3 saturated heterocycles. The van der Waals surface area contributed by atoms with Gasteiger partial charge in [0.25, 0.3) is 11.7 Å². The van der Waals surface area contributed by atoms with Gasteiger partial charge in [0.15, 0.2) is 6.29 Å². The summed E-state index contributed by atoms with van der Waals surface area (Å²) < 4.78 is 34.4. The van der Waals surface area contributed by atoms with Gasteiger partial charge < -0.3 is 74.8 Å². The number of rotatable bonds is 8. The van der Waals surface area contributed by atoms with Crippen molar-refractivity contribution in [2.24, 2.45) is 35.3 Å². The maximum absolute atomic E-state index is 14.3. The molecule has 1 aliphatic carbocycles. The molecule has 1 amide bonds. The van der Waals surface area contributed by atoms with E-state index >= 15 is 0 Å². The number of hydrogen-bond acceptors (Lipinski definition) is 18. The monoisotopic (exact) mass is 983 g/mol. The number of methoxy groups -OCH3 is 3. The smallest absolute Gasteiger partial charge is 0.329 e. The number of carbonyl (C=O) groups is 4. The van der Waals surface area contributed by atoms with Gasteiger partial charge in [0.1, 0.15) is 42.3 Å². The van der Waals surface area contributed by atoms with E-state index in [0.717, 1.165) is 5.57 Å². The third-order valence-electron chi connectivity index (χ3n) is 14.8. The number of ketones is 2. The molecule has 69 heavy (non-hydrogen) atoms. The lowest BCUT2D eigenvalue weighted by Crippen LogP contribution is -2.64. The van der Waals surface area contributed by atoms with Crippen molar-refractivity contribution < 1.29 is 83.3 Å². The van der Waals surface area contributed by atoms with Crippen LogP contribution in [0.25, 0.3) is 0 Å². The van der Waals surface area contributed by atoms with E-state index in [2.05, 4.69) is 6.58 Å². The van der Waals surface area contributed by atoms with Crippen LogP contribution in [0, 0.1) is 29.6 Å². The van der Waals surface area contributed by atoms with E-state index in [0.29, 0.717) is 56.9 Å². The lowest BCUT2D eigenvalue weighted by molar-refractivity contribution is -0.302. The molecule has 5 rings (SSSR count). The van der Waals surface area contributed by atoms with E-state index in [1.807, 2.05) is 32.9 Å². The molecule has 4 fully saturated rings. The predicted octanol–water partition coefficient (Wildman–Crippen LogP) is 1.38. The Morgan fingerprint density at radius 3 is 2.17 bits per heavy atom. The molecule has 0 spiro atoms. The van der Waals surface area contributed by atoms with Crippen molar-refractivity contribution in [3.63, 3.8) is 0 Å². The molecule has 19 heteroatoms. The summed E-state index contributed by atoms with van der Waals surface area (Å²) in [5.74, 6) is -7.76. The van der Waals surface area contributed by atoms with E-state index < -0.39 is 121 Å². The SMILES string of the molecule is C=CC[C@@H]1/C=C(\C)C[C@H](C)C[C@H](OC)[C@H]2O[C@@](O)(C(=O)C(=O)N3CCCC[C@H]3C(=O)O[C@H](/C(C)=C/[C@@H]3CC[C@@H](O)[C@H](OC)C3)[C@H](C)[C@@H](O)CC1=O)[C@H](C)C[C@@H]2OC.N[C@H]1C(O)O[C@H](CO)[C@@H](O)[C@@H]1O. The van der Waals surface area contributed by atoms with Crippen LogP contribution in [0.4, 0.5) is 0 Å². The minimum absolute atomic E-state index is 0.00988. The molecule has 2 bridgehead atoms. The van der Waals surface area contributed by atoms with Gasteiger partial charge in [0.2, 0.25) is 5.79 Å². The van der Waals surface area contributed by atoms with Gasteiger partial charge >= 0.3 is 5.97 Å². The number of allylic oxidation sites excluding steroid dienone is 4. The average Bonchev–Trinajstić information content (AvgIpc) is 3.32. The Morgan fingerprint density at radius 1 is 0.899 bits per heavy atom. The topological polar surface area (TPSA) is 295 Å². The van der Waals surface area contributed by atoms with Gasteiger partial charge in [0, 0.05) is 52.0 Å². The number of nitrogens with zero attached hydrogens (tertiary/aromatic N) is 1. The van der Waals surface area contributed by atoms with Crippen LogP contribution in [0.15, 0.2) is 36.0 Å². The number of cyclic esters (lactones) is 1. The molecule has 9 N–H and O–H groups in total. The van der Waals surface area contributed by atoms with Crippen molar-refractivity contribution in [2.45, 2.75) is 190 Å². The van der Waals surface area contributed by atoms with Gasteiger partial charge in [-0.3, -0.25) is 14.4 Å². The molecule has 394 valence electrons. The zero-order valence-electron chi connectivity index (χ0n) is 41.8. The lowest BCUT2D eigenvalue weighted by Gasteiger charge is -2.47. The lowest BCUT2D eigenvalue weighted by atomic mass is 9.81. The molecule has 0 aromatic rings. The van der Waals surface area contributed by atoms with Crippen LogP contribution in [0.1, 0.15) is 105 Å². The summed E-state index contributed by atoms with van der Waals surface area (Å²) in [6.07, 6.45) is 0.0783. The molecule has 4 aliphatic heterocycles. The number of aliphatic hydroxyl groups excluding tert-OH is 6. The Kier molecular flexibility index (Phi) is 22.6. The standard InChI is InChI=1S/C44H69NO12.C6H13NO5/c1-10-13-31-19-25(2)18-26(3)20-37(54-8)40-38(55-9)22-28(5)44(52,57-40)41(49)42(50)45-17-12-11-14-32(45)43(51)56-39(29(6)34(47)24-35(31)48)27(4)21-30-15-16-33(46)36(23-30)53-7;7-3-5(10)4(9)2(1-8)12-6(3)11/h10,19,21,26,28-34,36-40,46-47,52H,1,11-18,20,22-24H2,2-9H3;2-6,8-11H,1,7H2/b25-19+,27-21+;/t26-,28+,29+,30-,31+,32-,33+,34-,36+,37-,38-,39+,40+,44+;2-,3-,4-,5-,6?/m01/s1. The fourth-order valence-electron chi connectivity index (χ4n) is 10.5. The molecular weight excluding hydrogens is 901 g/mol. The summed E-state index contributed by atoms with van der Waals surface area (Å²) in [6, 6.07) is -2.18. The normalized spacial score (nSPS) is 42.4. The average molecular weight is 983 g/mol. The predicted molar refractivity (Wildman–Crippen MR) is 251 cm³/mol. The number of carbonyl (C=O) groups excluding carboxylic acids is 4. The number of hydrogen-bond donors (Lipinski definition) is 8. The Labute approximate surface area is 407 Å². The van der Waals surface area contributed by atoms with Crippen LogP contribution >= 0.6 is 0 Å². The molecule has 1 unspecified atom stereocenters. The van der Waals surface area contributed by atoms with Crippen molar-refractivity contribution >= 4 is 23.4 Å². The molecule has 4 heterocycles. The Hall–Kier alpha value is -3.02. The molecule has 0 radical (unpaired) electrons. The van der Waals surface area contributed by atoms with Crippen LogP contribution in [0.2, 0.25) is 0 Å². The molecule has 0 aromatic heterocycles. The Bertz CT molecular complexity index is 1770. The van der Waals surface area contributed by atoms with Gasteiger partial charge in [-0.05, 0) is 95.5 Å². The number of Topliss-reactive ketones (excluding diaryl/α,β-unsaturated/α-hetero) is 2. The van der Waals surface area contributed by atoms with Gasteiger partial charge in [-0.25, -0.2) is 4.79 Å². The second-order valence-electron chi connectivity index (χ2n) is 20.1. The number of ether oxygens (including phenoxy) is 6. The molecule has 0 aromatic carbocycles. The van der Waals surface area contributed by atoms with E-state index in [1.165, 1.54) is 19.1 Å². The van der Waals surface area contributed by atoms with Crippen LogP contribution in [0.3, 0.4) is 0 Å². The second-order valence-corrected chi connectivity index (χ2v) is 20.1. The summed E-state index contributed by atoms with van der Waals surface area (Å²) in [7, 11) is 4.61. The third kappa shape index (κ3) is 14.6. The summed E-state index contributed by atoms with van der Waals surface area (Å²) >= 11 is 0. The van der Waals surface area contributed by atoms with Crippen LogP contribution in [-0.4, -0.2) is 184 Å². The van der Waals surface area contributed by atoms with E-state index in [-0.39, 0.29) is 49.5 Å². The minimum Gasteiger partial charge on any atom is -0.456 e. The first-order valence-corrected chi connectivity index (χ1v) is 24.5. The first-order chi connectivity index (χ1) is 32.6. The largest absolute Gasteiger partial charge is 0.456 e. The number of esters is 1. The quantitative estimate of drug-likeness (QED) is 0.0968. The van der Waals surface area contributed by atoms with Crippen LogP contribution < -0.4 is 5.73 Å². The van der Waals surface area contributed by atoms with Gasteiger partial charge in [-0.1, -0.05) is 44.6 Å². The van der Waals surface area contributed by atoms with Gasteiger partial charge in [0.05, 0.1) is 43.2 Å². The third-order valence-corrected chi connectivity index (χ3v) is 14.8. The zero-order chi connectivity index (χ0) is 51.5. The number of amides is 1. The summed E-state index contributed by atoms with van der Waals surface area (Å²) in [5.41, 5.74) is 6.87. The fraction of sp³-hybridized carbons (Fsp3) is 0.800. The number of aliphatic hydroxyl groups is 7. The highest BCUT2D eigenvalue weighted by Crippen LogP contribution is 2.39. The van der Waals surface area contributed by atoms with Crippen LogP contribution in [-0.2, 0) is 47.6 Å². The van der Waals surface area contributed by atoms with Gasteiger partial charge in [-0.2, -0.15) is 0 Å². The molecule has 19 nitrogen and oxygen atoms in total. The highest BCUT2D eigenvalue weighted by atomic mass is 16.7. The van der Waals surface area contributed by atoms with Crippen molar-refractivity contribution in [2.75, 3.05) is 34.5 Å². The minimum atomic E-state index is -2.51. The summed E-state index contributed by atoms with van der Waals surface area (Å²) in [4.78, 5) is 57.8. The summed E-state index contributed by atoms with van der Waals surface area (Å²) in [6.45, 7) is 12.7. The number of nitrogens with two attached hydrogens (primary N) is 1. The van der Waals surface area contributed by atoms with Gasteiger partial charge in [-0.15, -0.1) is 6.58 Å². The van der Waals surface area contributed by atoms with E-state index in [9.17, 15) is 44.7 Å². The van der Waals surface area contributed by atoms with E-state index in [1.54, 1.807) is 27.0 Å². The van der Waals surface area contributed by atoms with Crippen molar-refractivity contribution in [3.8, 4) is 0 Å². The highest BCUT2D eigenvalue weighted by Gasteiger charge is 2.57. The van der Waals surface area contributed by atoms with Crippen molar-refractivity contribution in [1.82, 2.24) is 4.90 Å². The first-order valence-electron chi connectivity index (χ1n) is 24.5. The maximum Gasteiger partial charge on any atom is 0.329 e. The van der Waals surface area contributed by atoms with Crippen LogP contribution in [0.5, 0.6) is 0 Å².